The molecule has 0 bridgehead atoms. The Kier molecular flexibility index (Phi) is 4.35. The Hall–Kier alpha value is -2.67. The number of halogens is 1. The number of carbonyl (C=O) groups is 2. The molecule has 0 radical (unpaired) electrons. The van der Waals surface area contributed by atoms with E-state index in [1.807, 2.05) is 19.1 Å². The fourth-order valence-corrected chi connectivity index (χ4v) is 2.74. The van der Waals surface area contributed by atoms with Crippen LogP contribution in [0.4, 0.5) is 5.69 Å². The van der Waals surface area contributed by atoms with Crippen molar-refractivity contribution in [2.45, 2.75) is 13.3 Å². The summed E-state index contributed by atoms with van der Waals surface area (Å²) in [5.74, 6) is -1.48. The van der Waals surface area contributed by atoms with Gasteiger partial charge in [0.1, 0.15) is 5.69 Å². The van der Waals surface area contributed by atoms with Crippen molar-refractivity contribution in [3.05, 3.63) is 57.7 Å². The van der Waals surface area contributed by atoms with Crippen molar-refractivity contribution in [2.75, 3.05) is 5.32 Å². The van der Waals surface area contributed by atoms with Gasteiger partial charge in [-0.25, -0.2) is 4.79 Å². The number of rotatable bonds is 4. The van der Waals surface area contributed by atoms with Gasteiger partial charge in [-0.05, 0) is 37.3 Å². The van der Waals surface area contributed by atoms with Gasteiger partial charge in [-0.2, -0.15) is 0 Å². The van der Waals surface area contributed by atoms with Crippen LogP contribution in [-0.2, 0) is 11.2 Å². The quantitative estimate of drug-likeness (QED) is 0.709. The molecule has 6 nitrogen and oxygen atoms in total. The third-order valence-electron chi connectivity index (χ3n) is 3.51. The number of carbonyl (C=O) groups excluding carboxylic acids is 1. The lowest BCUT2D eigenvalue weighted by atomic mass is 10.1. The number of benzene rings is 2. The molecule has 0 saturated heterocycles. The van der Waals surface area contributed by atoms with E-state index >= 15 is 0 Å². The van der Waals surface area contributed by atoms with E-state index in [1.165, 1.54) is 12.1 Å². The third-order valence-corrected chi connectivity index (χ3v) is 4.01. The minimum absolute atomic E-state index is 0.00836. The van der Waals surface area contributed by atoms with Crippen molar-refractivity contribution in [2.24, 2.45) is 0 Å². The lowest BCUT2D eigenvalue weighted by Gasteiger charge is -2.08. The first-order valence-electron chi connectivity index (χ1n) is 7.11. The minimum atomic E-state index is -1.12. The maximum Gasteiger partial charge on any atom is 0.337 e. The second-order valence-corrected chi connectivity index (χ2v) is 6.26. The molecule has 122 valence electrons. The molecule has 3 aromatic rings. The highest BCUT2D eigenvalue weighted by Crippen LogP contribution is 2.23. The molecule has 1 amide bonds. The number of amides is 1. The summed E-state index contributed by atoms with van der Waals surface area (Å²) in [5.41, 5.74) is 2.41. The average Bonchev–Trinajstić information content (AvgIpc) is 2.91. The Morgan fingerprint density at radius 3 is 2.79 bits per heavy atom. The number of anilines is 1. The number of aromatic carboxylic acids is 1. The first-order valence-corrected chi connectivity index (χ1v) is 7.91. The molecule has 24 heavy (non-hydrogen) atoms. The molecule has 7 heteroatoms. The Morgan fingerprint density at radius 2 is 2.04 bits per heavy atom. The van der Waals surface area contributed by atoms with E-state index in [1.54, 1.807) is 12.1 Å². The van der Waals surface area contributed by atoms with Crippen molar-refractivity contribution in [1.82, 2.24) is 5.16 Å². The number of carboxylic acid groups (broad SMARTS) is 1. The first kappa shape index (κ1) is 16.2. The molecule has 2 aromatic carbocycles. The van der Waals surface area contributed by atoms with Crippen LogP contribution >= 0.6 is 15.9 Å². The largest absolute Gasteiger partial charge is 0.478 e. The van der Waals surface area contributed by atoms with Crippen molar-refractivity contribution < 1.29 is 19.2 Å². The van der Waals surface area contributed by atoms with Gasteiger partial charge in [0.15, 0.2) is 5.58 Å². The number of nitrogens with zero attached hydrogens (tertiary/aromatic N) is 1. The molecule has 3 rings (SSSR count). The van der Waals surface area contributed by atoms with Crippen LogP contribution in [0.2, 0.25) is 0 Å². The Labute approximate surface area is 145 Å². The summed E-state index contributed by atoms with van der Waals surface area (Å²) in [6, 6.07) is 10.2. The number of fused-ring (bicyclic) bond motifs is 1. The summed E-state index contributed by atoms with van der Waals surface area (Å²) in [6.07, 6.45) is -0.00836. The van der Waals surface area contributed by atoms with Gasteiger partial charge in [0.25, 0.3) is 0 Å². The number of hydrogen-bond donors (Lipinski definition) is 2. The van der Waals surface area contributed by atoms with Crippen LogP contribution in [0.1, 0.15) is 21.6 Å². The van der Waals surface area contributed by atoms with E-state index < -0.39 is 5.97 Å². The zero-order valence-corrected chi connectivity index (χ0v) is 14.3. The van der Waals surface area contributed by atoms with Crippen LogP contribution in [0.15, 0.2) is 45.4 Å². The minimum Gasteiger partial charge on any atom is -0.478 e. The third kappa shape index (κ3) is 3.30. The summed E-state index contributed by atoms with van der Waals surface area (Å²) in [4.78, 5) is 23.6. The van der Waals surface area contributed by atoms with Crippen LogP contribution in [0, 0.1) is 6.92 Å². The standard InChI is InChI=1S/C17H13BrN2O4/c1-9-2-5-15-11(6-9)14(20-24-15)8-16(21)19-13-4-3-10(18)7-12(13)17(22)23/h2-7H,8H2,1H3,(H,19,21)(H,22,23). The zero-order chi connectivity index (χ0) is 17.3. The fourth-order valence-electron chi connectivity index (χ4n) is 2.38. The molecule has 0 saturated carbocycles. The molecule has 0 spiro atoms. The second-order valence-electron chi connectivity index (χ2n) is 5.35. The lowest BCUT2D eigenvalue weighted by Crippen LogP contribution is -2.17. The van der Waals surface area contributed by atoms with E-state index in [4.69, 9.17) is 4.52 Å². The molecular formula is C17H13BrN2O4. The van der Waals surface area contributed by atoms with Gasteiger partial charge in [0, 0.05) is 9.86 Å². The predicted molar refractivity (Wildman–Crippen MR) is 92.2 cm³/mol. The normalized spacial score (nSPS) is 10.8. The number of hydrogen-bond acceptors (Lipinski definition) is 4. The maximum absolute atomic E-state index is 12.3. The average molecular weight is 389 g/mol. The van der Waals surface area contributed by atoms with E-state index in [0.29, 0.717) is 15.7 Å². The highest BCUT2D eigenvalue weighted by molar-refractivity contribution is 9.10. The highest BCUT2D eigenvalue weighted by atomic mass is 79.9. The van der Waals surface area contributed by atoms with Gasteiger partial charge in [-0.15, -0.1) is 0 Å². The highest BCUT2D eigenvalue weighted by Gasteiger charge is 2.16. The molecule has 0 fully saturated rings. The molecule has 0 aliphatic heterocycles. The van der Waals surface area contributed by atoms with Gasteiger partial charge in [-0.3, -0.25) is 4.79 Å². The lowest BCUT2D eigenvalue weighted by molar-refractivity contribution is -0.115. The molecule has 0 unspecified atom stereocenters. The molecule has 0 atom stereocenters. The van der Waals surface area contributed by atoms with Crippen LogP contribution in [0.25, 0.3) is 11.0 Å². The molecule has 1 aromatic heterocycles. The Balaban J connectivity index is 1.83. The topological polar surface area (TPSA) is 92.4 Å². The van der Waals surface area contributed by atoms with E-state index in [0.717, 1.165) is 10.9 Å². The summed E-state index contributed by atoms with van der Waals surface area (Å²) in [5, 5.41) is 16.6. The van der Waals surface area contributed by atoms with Gasteiger partial charge >= 0.3 is 5.97 Å². The van der Waals surface area contributed by atoms with Crippen molar-refractivity contribution in [3.63, 3.8) is 0 Å². The van der Waals surface area contributed by atoms with Crippen LogP contribution < -0.4 is 5.32 Å². The number of aryl methyl sites for hydroxylation is 1. The SMILES string of the molecule is Cc1ccc2onc(CC(=O)Nc3ccc(Br)cc3C(=O)O)c2c1. The molecule has 2 N–H and O–H groups in total. The van der Waals surface area contributed by atoms with Crippen molar-refractivity contribution >= 4 is 44.5 Å². The molecule has 1 heterocycles. The maximum atomic E-state index is 12.3. The van der Waals surface area contributed by atoms with Crippen LogP contribution in [0.3, 0.4) is 0 Å². The van der Waals surface area contributed by atoms with Crippen LogP contribution in [-0.4, -0.2) is 22.1 Å². The van der Waals surface area contributed by atoms with Gasteiger partial charge in [-0.1, -0.05) is 32.7 Å². The van der Waals surface area contributed by atoms with E-state index in [9.17, 15) is 14.7 Å². The van der Waals surface area contributed by atoms with Gasteiger partial charge in [0.2, 0.25) is 5.91 Å². The Bertz CT molecular complexity index is 949. The number of nitrogens with one attached hydrogen (secondary N) is 1. The zero-order valence-electron chi connectivity index (χ0n) is 12.7. The predicted octanol–water partition coefficient (Wildman–Crippen LogP) is 3.78. The summed E-state index contributed by atoms with van der Waals surface area (Å²) < 4.78 is 5.82. The molecule has 0 aliphatic carbocycles. The van der Waals surface area contributed by atoms with Crippen molar-refractivity contribution in [3.8, 4) is 0 Å². The summed E-state index contributed by atoms with van der Waals surface area (Å²) in [6.45, 7) is 1.94. The molecular weight excluding hydrogens is 376 g/mol. The smallest absolute Gasteiger partial charge is 0.337 e. The summed E-state index contributed by atoms with van der Waals surface area (Å²) in [7, 11) is 0. The molecule has 0 aliphatic rings. The van der Waals surface area contributed by atoms with Crippen LogP contribution in [0.5, 0.6) is 0 Å². The summed E-state index contributed by atoms with van der Waals surface area (Å²) >= 11 is 3.21. The van der Waals surface area contributed by atoms with Gasteiger partial charge < -0.3 is 14.9 Å². The van der Waals surface area contributed by atoms with Crippen molar-refractivity contribution in [1.29, 1.82) is 0 Å². The van der Waals surface area contributed by atoms with Gasteiger partial charge in [0.05, 0.1) is 17.7 Å². The first-order chi connectivity index (χ1) is 11.4. The number of aromatic nitrogens is 1. The Morgan fingerprint density at radius 1 is 1.25 bits per heavy atom. The van der Waals surface area contributed by atoms with E-state index in [-0.39, 0.29) is 23.6 Å². The second kappa shape index (κ2) is 6.45. The fraction of sp³-hybridized carbons (Fsp3) is 0.118. The monoisotopic (exact) mass is 388 g/mol. The van der Waals surface area contributed by atoms with E-state index in [2.05, 4.69) is 26.4 Å². The number of carboxylic acids is 1.